The largest absolute Gasteiger partial charge is 0.442 e. The van der Waals surface area contributed by atoms with E-state index in [-0.39, 0.29) is 20.6 Å². The number of nitrogens with zero attached hydrogens (tertiary/aromatic N) is 1. The Hall–Kier alpha value is -1.70. The number of nitrogens with one attached hydrogen (secondary N) is 1. The maximum absolute atomic E-state index is 14.1. The highest BCUT2D eigenvalue weighted by Gasteiger charge is 2.32. The molecule has 1 N–H and O–H groups in total. The average molecular weight is 405 g/mol. The van der Waals surface area contributed by atoms with E-state index in [1.165, 1.54) is 24.3 Å². The molecule has 0 aliphatic rings. The minimum atomic E-state index is -1.50. The van der Waals surface area contributed by atoms with E-state index in [0.717, 1.165) is 11.5 Å². The van der Waals surface area contributed by atoms with Crippen LogP contribution in [-0.2, 0) is 9.53 Å². The summed E-state index contributed by atoms with van der Waals surface area (Å²) < 4.78 is 23.3. The van der Waals surface area contributed by atoms with Crippen LogP contribution < -0.4 is 5.32 Å². The van der Waals surface area contributed by atoms with Crippen molar-refractivity contribution in [2.75, 3.05) is 0 Å². The van der Waals surface area contributed by atoms with Crippen molar-refractivity contribution in [1.82, 2.24) is 9.69 Å². The van der Waals surface area contributed by atoms with Crippen LogP contribution in [0.2, 0.25) is 9.36 Å². The normalized spacial score (nSPS) is 12.6. The van der Waals surface area contributed by atoms with Gasteiger partial charge in [-0.25, -0.2) is 9.18 Å². The zero-order valence-electron chi connectivity index (χ0n) is 13.6. The van der Waals surface area contributed by atoms with Crippen molar-refractivity contribution in [3.63, 3.8) is 0 Å². The van der Waals surface area contributed by atoms with Crippen molar-refractivity contribution in [2.45, 2.75) is 32.4 Å². The van der Waals surface area contributed by atoms with Gasteiger partial charge in [0.1, 0.15) is 15.2 Å². The van der Waals surface area contributed by atoms with Gasteiger partial charge in [0.25, 0.3) is 5.91 Å². The fourth-order valence-electron chi connectivity index (χ4n) is 1.93. The van der Waals surface area contributed by atoms with E-state index in [4.69, 9.17) is 27.9 Å². The van der Waals surface area contributed by atoms with Crippen LogP contribution in [0.3, 0.4) is 0 Å². The first-order valence-electron chi connectivity index (χ1n) is 7.18. The highest BCUT2D eigenvalue weighted by molar-refractivity contribution is 7.11. The fourth-order valence-corrected chi connectivity index (χ4v) is 2.91. The van der Waals surface area contributed by atoms with Crippen LogP contribution in [0, 0.1) is 5.82 Å². The summed E-state index contributed by atoms with van der Waals surface area (Å²) in [7, 11) is 0. The highest BCUT2D eigenvalue weighted by Crippen LogP contribution is 2.31. The maximum Gasteiger partial charge on any atom is 0.360 e. The Morgan fingerprint density at radius 2 is 1.92 bits per heavy atom. The lowest BCUT2D eigenvalue weighted by Gasteiger charge is -2.25. The number of hydrogen-bond acceptors (Lipinski definition) is 5. The van der Waals surface area contributed by atoms with E-state index < -0.39 is 29.3 Å². The quantitative estimate of drug-likeness (QED) is 0.766. The Labute approximate surface area is 158 Å². The Morgan fingerprint density at radius 3 is 2.44 bits per heavy atom. The summed E-state index contributed by atoms with van der Waals surface area (Å²) in [5.74, 6) is -2.30. The van der Waals surface area contributed by atoms with Crippen molar-refractivity contribution < 1.29 is 18.7 Å². The van der Waals surface area contributed by atoms with Crippen LogP contribution in [0.15, 0.2) is 24.3 Å². The van der Waals surface area contributed by atoms with E-state index in [9.17, 15) is 14.0 Å². The molecule has 0 radical (unpaired) electrons. The van der Waals surface area contributed by atoms with Crippen molar-refractivity contribution >= 4 is 46.6 Å². The van der Waals surface area contributed by atoms with Gasteiger partial charge in [0.05, 0.1) is 0 Å². The molecule has 0 saturated heterocycles. The number of carbonyl (C=O) groups is 2. The van der Waals surface area contributed by atoms with Gasteiger partial charge in [-0.3, -0.25) is 4.79 Å². The first-order chi connectivity index (χ1) is 11.6. The van der Waals surface area contributed by atoms with E-state index >= 15 is 0 Å². The van der Waals surface area contributed by atoms with Gasteiger partial charge < -0.3 is 10.1 Å². The van der Waals surface area contributed by atoms with E-state index in [0.29, 0.717) is 0 Å². The minimum absolute atomic E-state index is 0.0693. The highest BCUT2D eigenvalue weighted by atomic mass is 35.5. The first kappa shape index (κ1) is 19.6. The number of carbonyl (C=O) groups excluding carboxylic acids is 2. The minimum Gasteiger partial charge on any atom is -0.442 e. The molecule has 1 aromatic carbocycles. The van der Waals surface area contributed by atoms with Gasteiger partial charge in [0, 0.05) is 11.1 Å². The topological polar surface area (TPSA) is 68.3 Å². The predicted octanol–water partition coefficient (Wildman–Crippen LogP) is 4.40. The molecule has 0 bridgehead atoms. The van der Waals surface area contributed by atoms with Crippen molar-refractivity contribution in [3.05, 3.63) is 50.7 Å². The number of aromatic nitrogens is 1. The molecule has 0 spiro atoms. The molecule has 1 amide bonds. The van der Waals surface area contributed by atoms with Gasteiger partial charge >= 0.3 is 5.97 Å². The molecule has 0 aliphatic carbocycles. The molecule has 0 saturated carbocycles. The van der Waals surface area contributed by atoms with E-state index in [2.05, 4.69) is 9.69 Å². The molecule has 0 fully saturated rings. The summed E-state index contributed by atoms with van der Waals surface area (Å²) in [6.45, 7) is 5.26. The van der Waals surface area contributed by atoms with Crippen molar-refractivity contribution in [2.24, 2.45) is 0 Å². The summed E-state index contributed by atoms with van der Waals surface area (Å²) in [6, 6.07) is 5.55. The number of halogens is 3. The van der Waals surface area contributed by atoms with Crippen LogP contribution >= 0.6 is 34.7 Å². The van der Waals surface area contributed by atoms with Crippen LogP contribution in [0.25, 0.3) is 0 Å². The third-order valence-corrected chi connectivity index (χ3v) is 4.55. The van der Waals surface area contributed by atoms with Crippen LogP contribution in [0.5, 0.6) is 0 Å². The van der Waals surface area contributed by atoms with E-state index in [1.54, 1.807) is 20.8 Å². The molecule has 2 rings (SSSR count). The van der Waals surface area contributed by atoms with Gasteiger partial charge in [0.15, 0.2) is 5.69 Å². The zero-order chi connectivity index (χ0) is 18.8. The van der Waals surface area contributed by atoms with E-state index in [1.807, 2.05) is 0 Å². The Kier molecular flexibility index (Phi) is 6.03. The summed E-state index contributed by atoms with van der Waals surface area (Å²) in [5.41, 5.74) is -0.897. The molecule has 1 atom stereocenters. The number of ether oxygens (including phenoxy) is 1. The Balaban J connectivity index is 2.35. The summed E-state index contributed by atoms with van der Waals surface area (Å²) in [4.78, 5) is 24.9. The second kappa shape index (κ2) is 7.68. The third kappa shape index (κ3) is 4.90. The maximum atomic E-state index is 14.1. The smallest absolute Gasteiger partial charge is 0.360 e. The van der Waals surface area contributed by atoms with Gasteiger partial charge in [-0.15, -0.1) is 0 Å². The monoisotopic (exact) mass is 404 g/mol. The van der Waals surface area contributed by atoms with Gasteiger partial charge in [-0.2, -0.15) is 4.37 Å². The van der Waals surface area contributed by atoms with Gasteiger partial charge in [-0.05, 0) is 38.4 Å². The molecule has 134 valence electrons. The molecular formula is C16H15Cl2FN2O3S. The van der Waals surface area contributed by atoms with Crippen LogP contribution in [0.1, 0.15) is 42.9 Å². The first-order valence-corrected chi connectivity index (χ1v) is 8.71. The molecule has 1 aromatic heterocycles. The second-order valence-corrected chi connectivity index (χ2v) is 7.92. The number of rotatable bonds is 4. The number of esters is 1. The summed E-state index contributed by atoms with van der Waals surface area (Å²) >= 11 is 12.5. The lowest BCUT2D eigenvalue weighted by atomic mass is 10.0. The van der Waals surface area contributed by atoms with Gasteiger partial charge in [0.2, 0.25) is 6.10 Å². The molecule has 2 aromatic rings. The third-order valence-electron chi connectivity index (χ3n) is 2.94. The number of hydrogen-bond donors (Lipinski definition) is 1. The Morgan fingerprint density at radius 1 is 1.28 bits per heavy atom. The molecule has 25 heavy (non-hydrogen) atoms. The zero-order valence-corrected chi connectivity index (χ0v) is 15.9. The molecule has 9 heteroatoms. The molecular weight excluding hydrogens is 390 g/mol. The molecule has 1 heterocycles. The lowest BCUT2D eigenvalue weighted by Crippen LogP contribution is -2.44. The van der Waals surface area contributed by atoms with Crippen molar-refractivity contribution in [1.29, 1.82) is 0 Å². The van der Waals surface area contributed by atoms with Crippen molar-refractivity contribution in [3.8, 4) is 0 Å². The summed E-state index contributed by atoms with van der Waals surface area (Å²) in [5, 5.41) is 2.59. The second-order valence-electron chi connectivity index (χ2n) is 6.16. The van der Waals surface area contributed by atoms with Crippen LogP contribution in [0.4, 0.5) is 4.39 Å². The SMILES string of the molecule is CC(C)(C)NC(=O)[C@H](OC(=O)c1nsc(Cl)c1Cl)c1ccccc1F. The van der Waals surface area contributed by atoms with Crippen LogP contribution in [-0.4, -0.2) is 21.8 Å². The molecule has 0 unspecified atom stereocenters. The fraction of sp³-hybridized carbons (Fsp3) is 0.312. The standard InChI is InChI=1S/C16H15Cl2FN2O3S/c1-16(2,3)20-14(22)12(8-6-4-5-7-9(8)19)24-15(23)11-10(17)13(18)25-21-11/h4-7,12H,1-3H3,(H,20,22)/t12-/m1/s1. The summed E-state index contributed by atoms with van der Waals surface area (Å²) in [6.07, 6.45) is -1.50. The lowest BCUT2D eigenvalue weighted by molar-refractivity contribution is -0.132. The predicted molar refractivity (Wildman–Crippen MR) is 94.6 cm³/mol. The average Bonchev–Trinajstić information content (AvgIpc) is 2.83. The Bertz CT molecular complexity index is 805. The number of benzene rings is 1. The molecule has 5 nitrogen and oxygen atoms in total. The number of amides is 1. The van der Waals surface area contributed by atoms with Gasteiger partial charge in [-0.1, -0.05) is 41.4 Å². The molecule has 0 aliphatic heterocycles.